The third kappa shape index (κ3) is 1.37. The van der Waals surface area contributed by atoms with Crippen LogP contribution in [0.2, 0.25) is 3.93 Å². The van der Waals surface area contributed by atoms with Crippen molar-refractivity contribution < 1.29 is 9.53 Å². The Labute approximate surface area is 63.9 Å². The van der Waals surface area contributed by atoms with Gasteiger partial charge in [0.05, 0.1) is 0 Å². The Bertz CT molecular complexity index is 106. The zero-order chi connectivity index (χ0) is 5.98. The maximum absolute atomic E-state index is 10.6. The molecule has 1 atom stereocenters. The summed E-state index contributed by atoms with van der Waals surface area (Å²) in [7, 11) is 0. The molecule has 1 aliphatic heterocycles. The molecule has 0 N–H and O–H groups in total. The Morgan fingerprint density at radius 2 is 2.62 bits per heavy atom. The van der Waals surface area contributed by atoms with Crippen LogP contribution in [-0.4, -0.2) is 31.5 Å². The maximum atomic E-state index is 10.6. The Hall–Kier alpha value is 0.749. The molecule has 4 heteroatoms. The molecule has 1 rings (SSSR count). The van der Waals surface area contributed by atoms with Gasteiger partial charge >= 0.3 is 64.1 Å². The quantitative estimate of drug-likeness (QED) is 0.524. The molecule has 0 spiro atoms. The van der Waals surface area contributed by atoms with Gasteiger partial charge in [-0.3, -0.25) is 0 Å². The molecule has 0 aliphatic carbocycles. The van der Waals surface area contributed by atoms with Gasteiger partial charge in [-0.25, -0.2) is 0 Å². The molecule has 1 heterocycles. The summed E-state index contributed by atoms with van der Waals surface area (Å²) < 4.78 is 5.02. The fourth-order valence-corrected chi connectivity index (χ4v) is 4.52. The molecule has 0 bridgehead atoms. The van der Waals surface area contributed by atoms with Gasteiger partial charge in [-0.15, -0.1) is 0 Å². The van der Waals surface area contributed by atoms with Crippen molar-refractivity contribution in [1.29, 1.82) is 0 Å². The zero-order valence-corrected chi connectivity index (χ0v) is 8.63. The molecular formula is C4H5BrO2Sn+2. The van der Waals surface area contributed by atoms with Crippen LogP contribution in [0, 0.1) is 0 Å². The molecule has 1 saturated heterocycles. The van der Waals surface area contributed by atoms with Crippen LogP contribution in [0.3, 0.4) is 0 Å². The van der Waals surface area contributed by atoms with Gasteiger partial charge in [0.15, 0.2) is 0 Å². The van der Waals surface area contributed by atoms with E-state index in [4.69, 9.17) is 4.74 Å². The van der Waals surface area contributed by atoms with Gasteiger partial charge in [0, 0.05) is 0 Å². The van der Waals surface area contributed by atoms with E-state index in [1.165, 1.54) is 0 Å². The number of ether oxygens (including phenoxy) is 1. The third-order valence-electron chi connectivity index (χ3n) is 1.07. The van der Waals surface area contributed by atoms with E-state index in [1.807, 2.05) is 0 Å². The Balaban J connectivity index is 2.42. The topological polar surface area (TPSA) is 26.3 Å². The van der Waals surface area contributed by atoms with Crippen LogP contribution in [-0.2, 0) is 9.53 Å². The molecule has 42 valence electrons. The number of esters is 1. The van der Waals surface area contributed by atoms with E-state index in [9.17, 15) is 4.79 Å². The van der Waals surface area contributed by atoms with E-state index < -0.39 is 18.9 Å². The normalized spacial score (nSPS) is 27.1. The molecule has 0 aromatic heterocycles. The minimum absolute atomic E-state index is 0.0217. The van der Waals surface area contributed by atoms with E-state index in [-0.39, 0.29) is 5.97 Å². The Morgan fingerprint density at radius 3 is 2.88 bits per heavy atom. The van der Waals surface area contributed by atoms with Crippen molar-refractivity contribution in [2.75, 3.05) is 6.61 Å². The van der Waals surface area contributed by atoms with Crippen LogP contribution in [0.1, 0.15) is 6.42 Å². The van der Waals surface area contributed by atoms with Gasteiger partial charge in [-0.1, -0.05) is 0 Å². The predicted octanol–water partition coefficient (Wildman–Crippen LogP) is 0.736. The summed E-state index contributed by atoms with van der Waals surface area (Å²) in [5.74, 6) is 0.0217. The van der Waals surface area contributed by atoms with E-state index >= 15 is 0 Å². The average Bonchev–Trinajstić information content (AvgIpc) is 2.14. The number of hydrogen-bond acceptors (Lipinski definition) is 2. The number of cyclic esters (lactones) is 1. The second-order valence-electron chi connectivity index (χ2n) is 1.62. The fraction of sp³-hybridized carbons (Fsp3) is 0.750. The van der Waals surface area contributed by atoms with Crippen LogP contribution >= 0.6 is 12.7 Å². The first-order chi connectivity index (χ1) is 3.84. The second-order valence-corrected chi connectivity index (χ2v) is 7.30. The van der Waals surface area contributed by atoms with Crippen LogP contribution in [0.4, 0.5) is 0 Å². The van der Waals surface area contributed by atoms with Gasteiger partial charge < -0.3 is 0 Å². The third-order valence-corrected chi connectivity index (χ3v) is 7.02. The number of carbonyl (C=O) groups is 1. The van der Waals surface area contributed by atoms with Gasteiger partial charge in [-0.2, -0.15) is 0 Å². The predicted molar refractivity (Wildman–Crippen MR) is 34.0 cm³/mol. The average molecular weight is 284 g/mol. The monoisotopic (exact) mass is 284 g/mol. The molecule has 0 amide bonds. The first-order valence-corrected chi connectivity index (χ1v) is 10.4. The van der Waals surface area contributed by atoms with Gasteiger partial charge in [0.1, 0.15) is 0 Å². The number of carbonyl (C=O) groups excluding carboxylic acids is 1. The molecule has 1 unspecified atom stereocenters. The summed E-state index contributed by atoms with van der Waals surface area (Å²) in [6.07, 6.45) is 0.955. The summed E-state index contributed by atoms with van der Waals surface area (Å²) >= 11 is 2.83. The fourth-order valence-electron chi connectivity index (χ4n) is 0.595. The number of halogens is 1. The van der Waals surface area contributed by atoms with E-state index in [0.717, 1.165) is 6.42 Å². The molecule has 0 aromatic carbocycles. The molecule has 1 fully saturated rings. The van der Waals surface area contributed by atoms with Crippen molar-refractivity contribution >= 4 is 37.6 Å². The first kappa shape index (κ1) is 6.86. The standard InChI is InChI=1S/C4H5O2.BrH.Sn/c5-4-2-1-3-6-4;;/h2H,1,3H2;1H;/q;;+3/p-1. The van der Waals surface area contributed by atoms with Crippen molar-refractivity contribution in [3.63, 3.8) is 0 Å². The van der Waals surface area contributed by atoms with Gasteiger partial charge in [-0.05, 0) is 0 Å². The summed E-state index contributed by atoms with van der Waals surface area (Å²) in [5.41, 5.74) is 0. The van der Waals surface area contributed by atoms with Crippen molar-refractivity contribution in [3.05, 3.63) is 0 Å². The Morgan fingerprint density at radius 1 is 1.88 bits per heavy atom. The summed E-state index contributed by atoms with van der Waals surface area (Å²) in [5, 5.41) is 0. The number of rotatable bonds is 1. The Kier molecular flexibility index (Phi) is 2.62. The SMILES string of the molecule is O=C1OCC[CH]1[Sn+2][Br]. The minimum atomic E-state index is -0.557. The summed E-state index contributed by atoms with van der Waals surface area (Å²) in [4.78, 5) is 10.6. The van der Waals surface area contributed by atoms with Gasteiger partial charge in [0.25, 0.3) is 0 Å². The summed E-state index contributed by atoms with van der Waals surface area (Å²) in [6.45, 7) is 0.649. The van der Waals surface area contributed by atoms with Crippen LogP contribution in [0.15, 0.2) is 0 Å². The number of hydrogen-bond donors (Lipinski definition) is 0. The van der Waals surface area contributed by atoms with E-state index in [0.29, 0.717) is 10.5 Å². The van der Waals surface area contributed by atoms with Crippen molar-refractivity contribution in [2.24, 2.45) is 0 Å². The molecule has 2 nitrogen and oxygen atoms in total. The molecule has 0 radical (unpaired) electrons. The first-order valence-electron chi connectivity index (χ1n) is 2.37. The van der Waals surface area contributed by atoms with Crippen molar-refractivity contribution in [2.45, 2.75) is 10.4 Å². The molecular weight excluding hydrogens is 279 g/mol. The van der Waals surface area contributed by atoms with Crippen molar-refractivity contribution in [1.82, 2.24) is 0 Å². The zero-order valence-electron chi connectivity index (χ0n) is 4.19. The molecule has 0 saturated carbocycles. The molecule has 8 heavy (non-hydrogen) atoms. The summed E-state index contributed by atoms with van der Waals surface area (Å²) in [6, 6.07) is 0. The van der Waals surface area contributed by atoms with Crippen molar-refractivity contribution in [3.8, 4) is 0 Å². The van der Waals surface area contributed by atoms with Crippen LogP contribution in [0.25, 0.3) is 0 Å². The molecule has 1 aliphatic rings. The van der Waals surface area contributed by atoms with Crippen LogP contribution in [0.5, 0.6) is 0 Å². The molecule has 0 aromatic rings. The van der Waals surface area contributed by atoms with E-state index in [2.05, 4.69) is 12.7 Å². The van der Waals surface area contributed by atoms with E-state index in [1.54, 1.807) is 0 Å². The van der Waals surface area contributed by atoms with Crippen LogP contribution < -0.4 is 0 Å². The van der Waals surface area contributed by atoms with Gasteiger partial charge in [0.2, 0.25) is 0 Å². The second kappa shape index (κ2) is 3.05.